The van der Waals surface area contributed by atoms with E-state index >= 15 is 0 Å². The molecule has 3 heterocycles. The fraction of sp³-hybridized carbons (Fsp3) is 0.571. The van der Waals surface area contributed by atoms with Gasteiger partial charge < -0.3 is 20.9 Å². The van der Waals surface area contributed by atoms with Crippen molar-refractivity contribution >= 4 is 23.1 Å². The van der Waals surface area contributed by atoms with Crippen LogP contribution in [0, 0.1) is 5.92 Å². The molecule has 3 fully saturated rings. The van der Waals surface area contributed by atoms with E-state index < -0.39 is 11.7 Å². The summed E-state index contributed by atoms with van der Waals surface area (Å²) in [6.07, 6.45) is 3.27. The molecule has 4 nitrogen and oxygen atoms in total. The maximum absolute atomic E-state index is 13.9. The number of fused-ring (bicyclic) bond motifs is 3. The third kappa shape index (κ3) is 4.72. The van der Waals surface area contributed by atoms with Gasteiger partial charge >= 0.3 is 6.18 Å². The topological polar surface area (TPSA) is 44.5 Å². The predicted octanol–water partition coefficient (Wildman–Crippen LogP) is 5.97. The lowest BCUT2D eigenvalue weighted by molar-refractivity contribution is -0.137. The van der Waals surface area contributed by atoms with Crippen LogP contribution in [0.2, 0.25) is 0 Å². The molecule has 2 saturated heterocycles. The first-order valence-corrected chi connectivity index (χ1v) is 14.2. The van der Waals surface area contributed by atoms with Gasteiger partial charge in [0.05, 0.1) is 5.56 Å². The Balaban J connectivity index is 1.26. The van der Waals surface area contributed by atoms with Gasteiger partial charge in [-0.2, -0.15) is 13.2 Å². The number of hydrogen-bond donors (Lipinski definition) is 2. The maximum atomic E-state index is 13.9. The van der Waals surface area contributed by atoms with Gasteiger partial charge in [0.2, 0.25) is 0 Å². The summed E-state index contributed by atoms with van der Waals surface area (Å²) >= 11 is 1.51. The molecule has 3 aliphatic heterocycles. The second kappa shape index (κ2) is 9.76. The highest BCUT2D eigenvalue weighted by molar-refractivity contribution is 7.99. The first-order chi connectivity index (χ1) is 17.4. The van der Waals surface area contributed by atoms with E-state index in [4.69, 9.17) is 5.73 Å². The number of piperidine rings is 1. The zero-order chi connectivity index (χ0) is 24.9. The molecule has 2 atom stereocenters. The standard InChI is InChI=1S/C28H35F3N4S/c29-28(30,31)20-15-24(33-21-7-10-34(11-8-21)13-9-32)23-14-19-4-5-22(17-26(19)36-27(23)16-20)35-12-6-18-2-1-3-25(18)35/h4-5,15-18,21,25,33H,1-3,6-14,32H2. The number of anilines is 2. The van der Waals surface area contributed by atoms with Crippen LogP contribution in [0.25, 0.3) is 0 Å². The molecule has 2 aromatic rings. The summed E-state index contributed by atoms with van der Waals surface area (Å²) in [5.74, 6) is 0.805. The largest absolute Gasteiger partial charge is 0.416 e. The lowest BCUT2D eigenvalue weighted by Gasteiger charge is -2.34. The van der Waals surface area contributed by atoms with Gasteiger partial charge in [0.1, 0.15) is 0 Å². The van der Waals surface area contributed by atoms with Crippen LogP contribution in [0.4, 0.5) is 24.5 Å². The first-order valence-electron chi connectivity index (χ1n) is 13.4. The van der Waals surface area contributed by atoms with E-state index in [0.29, 0.717) is 24.7 Å². The number of nitrogens with two attached hydrogens (primary N) is 1. The van der Waals surface area contributed by atoms with Gasteiger partial charge in [-0.3, -0.25) is 0 Å². The Kier molecular flexibility index (Phi) is 6.63. The van der Waals surface area contributed by atoms with Crippen molar-refractivity contribution < 1.29 is 13.2 Å². The molecule has 3 N–H and O–H groups in total. The smallest absolute Gasteiger partial charge is 0.382 e. The average Bonchev–Trinajstić information content (AvgIpc) is 3.48. The van der Waals surface area contributed by atoms with Crippen molar-refractivity contribution in [3.63, 3.8) is 0 Å². The highest BCUT2D eigenvalue weighted by Crippen LogP contribution is 2.48. The van der Waals surface area contributed by atoms with Crippen molar-refractivity contribution in [1.82, 2.24) is 4.90 Å². The second-order valence-corrected chi connectivity index (χ2v) is 11.9. The average molecular weight is 517 g/mol. The minimum Gasteiger partial charge on any atom is -0.382 e. The van der Waals surface area contributed by atoms with E-state index in [9.17, 15) is 13.2 Å². The summed E-state index contributed by atoms with van der Waals surface area (Å²) in [6.45, 7) is 4.45. The Morgan fingerprint density at radius 1 is 0.972 bits per heavy atom. The fourth-order valence-corrected chi connectivity index (χ4v) is 7.92. The van der Waals surface area contributed by atoms with Gasteiger partial charge in [0.25, 0.3) is 0 Å². The molecule has 0 spiro atoms. The highest BCUT2D eigenvalue weighted by Gasteiger charge is 2.38. The molecule has 0 radical (unpaired) electrons. The summed E-state index contributed by atoms with van der Waals surface area (Å²) < 4.78 is 41.6. The lowest BCUT2D eigenvalue weighted by atomic mass is 9.97. The van der Waals surface area contributed by atoms with Crippen LogP contribution in [-0.2, 0) is 12.6 Å². The molecule has 1 saturated carbocycles. The fourth-order valence-electron chi connectivity index (χ4n) is 6.74. The van der Waals surface area contributed by atoms with Crippen LogP contribution in [0.1, 0.15) is 55.2 Å². The number of benzene rings is 2. The molecular weight excluding hydrogens is 481 g/mol. The molecule has 1 aliphatic carbocycles. The molecule has 36 heavy (non-hydrogen) atoms. The Hall–Kier alpha value is -1.90. The first kappa shape index (κ1) is 24.4. The van der Waals surface area contributed by atoms with E-state index in [1.165, 1.54) is 60.8 Å². The SMILES string of the molecule is NCCN1CCC(Nc2cc(C(F)(F)F)cc3c2Cc2ccc(N4CCC5CCCC54)cc2S3)CC1. The van der Waals surface area contributed by atoms with Gasteiger partial charge in [-0.1, -0.05) is 24.2 Å². The molecule has 8 heteroatoms. The van der Waals surface area contributed by atoms with Gasteiger partial charge in [-0.25, -0.2) is 0 Å². The van der Waals surface area contributed by atoms with Gasteiger partial charge in [-0.15, -0.1) is 0 Å². The molecule has 0 amide bonds. The Labute approximate surface area is 215 Å². The minimum absolute atomic E-state index is 0.176. The van der Waals surface area contributed by atoms with Crippen LogP contribution in [0.5, 0.6) is 0 Å². The molecule has 0 bridgehead atoms. The van der Waals surface area contributed by atoms with Crippen LogP contribution in [-0.4, -0.2) is 49.7 Å². The normalized spacial score (nSPS) is 24.5. The number of alkyl halides is 3. The van der Waals surface area contributed by atoms with Crippen molar-refractivity contribution in [2.45, 2.75) is 73.0 Å². The lowest BCUT2D eigenvalue weighted by Crippen LogP contribution is -2.41. The van der Waals surface area contributed by atoms with E-state index in [2.05, 4.69) is 33.3 Å². The van der Waals surface area contributed by atoms with Crippen molar-refractivity contribution in [3.8, 4) is 0 Å². The Morgan fingerprint density at radius 3 is 2.58 bits per heavy atom. The van der Waals surface area contributed by atoms with Gasteiger partial charge in [0, 0.05) is 72.4 Å². The zero-order valence-corrected chi connectivity index (χ0v) is 21.4. The molecule has 194 valence electrons. The monoisotopic (exact) mass is 516 g/mol. The molecule has 4 aliphatic rings. The number of hydrogen-bond acceptors (Lipinski definition) is 5. The molecule has 2 unspecified atom stereocenters. The van der Waals surface area contributed by atoms with Crippen LogP contribution in [0.15, 0.2) is 40.1 Å². The van der Waals surface area contributed by atoms with Crippen LogP contribution < -0.4 is 16.0 Å². The van der Waals surface area contributed by atoms with Crippen molar-refractivity contribution in [2.24, 2.45) is 11.7 Å². The van der Waals surface area contributed by atoms with Crippen molar-refractivity contribution in [2.75, 3.05) is 42.9 Å². The van der Waals surface area contributed by atoms with Crippen LogP contribution in [0.3, 0.4) is 0 Å². The predicted molar refractivity (Wildman–Crippen MR) is 140 cm³/mol. The molecule has 6 rings (SSSR count). The summed E-state index contributed by atoms with van der Waals surface area (Å²) in [7, 11) is 0. The van der Waals surface area contributed by atoms with Gasteiger partial charge in [0.15, 0.2) is 0 Å². The number of nitrogens with one attached hydrogen (secondary N) is 1. The summed E-state index contributed by atoms with van der Waals surface area (Å²) in [5.41, 5.74) is 9.20. The summed E-state index contributed by atoms with van der Waals surface area (Å²) in [5, 5.41) is 3.52. The second-order valence-electron chi connectivity index (χ2n) is 10.9. The van der Waals surface area contributed by atoms with Crippen LogP contribution >= 0.6 is 11.8 Å². The minimum atomic E-state index is -4.37. The van der Waals surface area contributed by atoms with Crippen molar-refractivity contribution in [3.05, 3.63) is 47.0 Å². The highest BCUT2D eigenvalue weighted by atomic mass is 32.2. The van der Waals surface area contributed by atoms with E-state index in [0.717, 1.165) is 60.3 Å². The third-order valence-corrected chi connectivity index (χ3v) is 9.84. The molecular formula is C28H35F3N4S. The third-order valence-electron chi connectivity index (χ3n) is 8.66. The Bertz CT molecular complexity index is 1110. The quantitative estimate of drug-likeness (QED) is 0.437. The molecule has 0 aromatic heterocycles. The van der Waals surface area contributed by atoms with E-state index in [1.54, 1.807) is 0 Å². The van der Waals surface area contributed by atoms with Gasteiger partial charge in [-0.05, 0) is 73.4 Å². The summed E-state index contributed by atoms with van der Waals surface area (Å²) in [6, 6.07) is 10.2. The van der Waals surface area contributed by atoms with Crippen molar-refractivity contribution in [1.29, 1.82) is 0 Å². The zero-order valence-electron chi connectivity index (χ0n) is 20.6. The Morgan fingerprint density at radius 2 is 1.81 bits per heavy atom. The number of halogens is 3. The maximum Gasteiger partial charge on any atom is 0.416 e. The number of nitrogens with zero attached hydrogens (tertiary/aromatic N) is 2. The number of likely N-dealkylation sites (tertiary alicyclic amines) is 1. The summed E-state index contributed by atoms with van der Waals surface area (Å²) in [4.78, 5) is 6.71. The van der Waals surface area contributed by atoms with E-state index in [1.807, 2.05) is 0 Å². The number of rotatable bonds is 5. The van der Waals surface area contributed by atoms with E-state index in [-0.39, 0.29) is 6.04 Å². The molecule has 2 aromatic carbocycles.